The normalized spacial score (nSPS) is 10.4. The van der Waals surface area contributed by atoms with Gasteiger partial charge in [0, 0.05) is 10.4 Å². The maximum Gasteiger partial charge on any atom is 0.341 e. The molecule has 0 bridgehead atoms. The molecule has 0 radical (unpaired) electrons. The summed E-state index contributed by atoms with van der Waals surface area (Å²) in [4.78, 5) is 12.6. The largest absolute Gasteiger partial charge is 0.465 e. The minimum absolute atomic E-state index is 0.311. The number of esters is 1. The molecule has 0 aliphatic carbocycles. The lowest BCUT2D eigenvalue weighted by Gasteiger charge is -2.05. The van der Waals surface area contributed by atoms with Crippen LogP contribution in [0, 0.1) is 12.7 Å². The molecule has 0 aliphatic heterocycles. The van der Waals surface area contributed by atoms with Crippen LogP contribution in [0.5, 0.6) is 0 Å². The van der Waals surface area contributed by atoms with E-state index < -0.39 is 5.97 Å². The first-order valence-corrected chi connectivity index (χ1v) is 6.09. The van der Waals surface area contributed by atoms with Crippen molar-refractivity contribution in [3.63, 3.8) is 0 Å². The third kappa shape index (κ3) is 2.09. The van der Waals surface area contributed by atoms with Crippen molar-refractivity contribution < 1.29 is 13.9 Å². The summed E-state index contributed by atoms with van der Waals surface area (Å²) in [6.45, 7) is 1.84. The molecule has 0 saturated carbocycles. The summed E-state index contributed by atoms with van der Waals surface area (Å²) in [5.41, 5.74) is 7.40. The molecule has 3 nitrogen and oxygen atoms in total. The van der Waals surface area contributed by atoms with Crippen molar-refractivity contribution >= 4 is 22.3 Å². The lowest BCUT2D eigenvalue weighted by atomic mass is 10.0. The summed E-state index contributed by atoms with van der Waals surface area (Å²) >= 11 is 1.29. The van der Waals surface area contributed by atoms with Crippen LogP contribution < -0.4 is 5.73 Å². The van der Waals surface area contributed by atoms with Crippen LogP contribution in [0.3, 0.4) is 0 Å². The van der Waals surface area contributed by atoms with Crippen LogP contribution in [0.4, 0.5) is 9.39 Å². The van der Waals surface area contributed by atoms with Crippen LogP contribution in [0.1, 0.15) is 15.2 Å². The number of carbonyl (C=O) groups is 1. The predicted octanol–water partition coefficient (Wildman–Crippen LogP) is 3.23. The maximum atomic E-state index is 13.3. The van der Waals surface area contributed by atoms with Gasteiger partial charge in [0.15, 0.2) is 0 Å². The SMILES string of the molecule is COC(=O)c1c(N)sc(C)c1-c1cccc(F)c1. The molecule has 0 unspecified atom stereocenters. The maximum absolute atomic E-state index is 13.3. The summed E-state index contributed by atoms with van der Waals surface area (Å²) in [5, 5.41) is 0.388. The fraction of sp³-hybridized carbons (Fsp3) is 0.154. The molecule has 0 fully saturated rings. The summed E-state index contributed by atoms with van der Waals surface area (Å²) in [6, 6.07) is 6.07. The molecular weight excluding hydrogens is 253 g/mol. The molecule has 0 saturated heterocycles. The van der Waals surface area contributed by atoms with Crippen molar-refractivity contribution in [1.82, 2.24) is 0 Å². The highest BCUT2D eigenvalue weighted by Gasteiger charge is 2.22. The third-order valence-corrected chi connectivity index (χ3v) is 3.55. The van der Waals surface area contributed by atoms with Crippen molar-refractivity contribution in [2.75, 3.05) is 12.8 Å². The average Bonchev–Trinajstić information content (AvgIpc) is 2.63. The molecule has 1 aromatic heterocycles. The predicted molar refractivity (Wildman–Crippen MR) is 70.2 cm³/mol. The lowest BCUT2D eigenvalue weighted by Crippen LogP contribution is -2.04. The second kappa shape index (κ2) is 4.78. The first-order chi connectivity index (χ1) is 8.54. The Balaban J connectivity index is 2.67. The number of hydrogen-bond donors (Lipinski definition) is 1. The highest BCUT2D eigenvalue weighted by Crippen LogP contribution is 2.38. The Bertz CT molecular complexity index is 607. The Morgan fingerprint density at radius 1 is 1.44 bits per heavy atom. The van der Waals surface area contributed by atoms with Gasteiger partial charge in [-0.3, -0.25) is 0 Å². The average molecular weight is 265 g/mol. The van der Waals surface area contributed by atoms with E-state index in [9.17, 15) is 9.18 Å². The van der Waals surface area contributed by atoms with Crippen LogP contribution in [0.15, 0.2) is 24.3 Å². The lowest BCUT2D eigenvalue weighted by molar-refractivity contribution is 0.0603. The van der Waals surface area contributed by atoms with E-state index in [1.54, 1.807) is 12.1 Å². The Morgan fingerprint density at radius 2 is 2.17 bits per heavy atom. The number of anilines is 1. The molecule has 0 aliphatic rings. The molecular formula is C13H12FNO2S. The van der Waals surface area contributed by atoms with Gasteiger partial charge in [0.1, 0.15) is 16.4 Å². The zero-order valence-corrected chi connectivity index (χ0v) is 10.8. The van der Waals surface area contributed by atoms with E-state index in [0.29, 0.717) is 21.7 Å². The second-order valence-corrected chi connectivity index (χ2v) is 5.03. The summed E-state index contributed by atoms with van der Waals surface area (Å²) < 4.78 is 18.0. The van der Waals surface area contributed by atoms with Crippen LogP contribution >= 0.6 is 11.3 Å². The quantitative estimate of drug-likeness (QED) is 0.848. The van der Waals surface area contributed by atoms with Crippen LogP contribution in [0.2, 0.25) is 0 Å². The highest BCUT2D eigenvalue weighted by atomic mass is 32.1. The number of carbonyl (C=O) groups excluding carboxylic acids is 1. The second-order valence-electron chi connectivity index (χ2n) is 3.77. The molecule has 0 atom stereocenters. The number of benzene rings is 1. The van der Waals surface area contributed by atoms with Gasteiger partial charge in [0.05, 0.1) is 7.11 Å². The number of thiophene rings is 1. The minimum atomic E-state index is -0.504. The number of aryl methyl sites for hydroxylation is 1. The molecule has 1 heterocycles. The Kier molecular flexibility index (Phi) is 3.34. The third-order valence-electron chi connectivity index (χ3n) is 2.61. The van der Waals surface area contributed by atoms with E-state index in [-0.39, 0.29) is 5.82 Å². The standard InChI is InChI=1S/C13H12FNO2S/c1-7-10(8-4-3-5-9(14)6-8)11(12(15)18-7)13(16)17-2/h3-6H,15H2,1-2H3. The summed E-state index contributed by atoms with van der Waals surface area (Å²) in [5.74, 6) is -0.858. The van der Waals surface area contributed by atoms with Crippen molar-refractivity contribution in [3.05, 3.63) is 40.5 Å². The number of hydrogen-bond acceptors (Lipinski definition) is 4. The van der Waals surface area contributed by atoms with E-state index in [4.69, 9.17) is 10.5 Å². The molecule has 5 heteroatoms. The number of nitrogens with two attached hydrogens (primary N) is 1. The number of ether oxygens (including phenoxy) is 1. The molecule has 94 valence electrons. The van der Waals surface area contributed by atoms with Gasteiger partial charge in [0.25, 0.3) is 0 Å². The topological polar surface area (TPSA) is 52.3 Å². The van der Waals surface area contributed by atoms with Gasteiger partial charge in [-0.15, -0.1) is 11.3 Å². The fourth-order valence-electron chi connectivity index (χ4n) is 1.86. The van der Waals surface area contributed by atoms with E-state index in [1.807, 2.05) is 6.92 Å². The van der Waals surface area contributed by atoms with Gasteiger partial charge < -0.3 is 10.5 Å². The molecule has 0 amide bonds. The molecule has 1 aromatic carbocycles. The monoisotopic (exact) mass is 265 g/mol. The number of nitrogen functional groups attached to an aromatic ring is 1. The van der Waals surface area contributed by atoms with Crippen molar-refractivity contribution in [1.29, 1.82) is 0 Å². The molecule has 0 spiro atoms. The van der Waals surface area contributed by atoms with Gasteiger partial charge in [-0.1, -0.05) is 12.1 Å². The highest BCUT2D eigenvalue weighted by molar-refractivity contribution is 7.16. The summed E-state index contributed by atoms with van der Waals surface area (Å²) in [6.07, 6.45) is 0. The molecule has 2 N–H and O–H groups in total. The molecule has 18 heavy (non-hydrogen) atoms. The van der Waals surface area contributed by atoms with Crippen LogP contribution in [0.25, 0.3) is 11.1 Å². The van der Waals surface area contributed by atoms with Crippen molar-refractivity contribution in [3.8, 4) is 11.1 Å². The first kappa shape index (κ1) is 12.6. The van der Waals surface area contributed by atoms with Gasteiger partial charge >= 0.3 is 5.97 Å². The zero-order valence-electron chi connectivity index (χ0n) is 9.99. The molecule has 2 aromatic rings. The number of rotatable bonds is 2. The zero-order chi connectivity index (χ0) is 13.3. The Hall–Kier alpha value is -1.88. The van der Waals surface area contributed by atoms with Crippen molar-refractivity contribution in [2.45, 2.75) is 6.92 Å². The van der Waals surface area contributed by atoms with E-state index in [2.05, 4.69) is 0 Å². The van der Waals surface area contributed by atoms with Crippen molar-refractivity contribution in [2.24, 2.45) is 0 Å². The Morgan fingerprint density at radius 3 is 2.78 bits per heavy atom. The first-order valence-electron chi connectivity index (χ1n) is 5.27. The van der Waals surface area contributed by atoms with Gasteiger partial charge in [-0.25, -0.2) is 9.18 Å². The van der Waals surface area contributed by atoms with E-state index >= 15 is 0 Å². The van der Waals surface area contributed by atoms with Gasteiger partial charge in [-0.05, 0) is 24.6 Å². The van der Waals surface area contributed by atoms with E-state index in [0.717, 1.165) is 4.88 Å². The number of methoxy groups -OCH3 is 1. The minimum Gasteiger partial charge on any atom is -0.465 e. The smallest absolute Gasteiger partial charge is 0.341 e. The Labute approximate surface area is 108 Å². The van der Waals surface area contributed by atoms with Gasteiger partial charge in [0.2, 0.25) is 0 Å². The van der Waals surface area contributed by atoms with Crippen LogP contribution in [-0.4, -0.2) is 13.1 Å². The molecule has 2 rings (SSSR count). The van der Waals surface area contributed by atoms with Crippen LogP contribution in [-0.2, 0) is 4.74 Å². The number of halogens is 1. The summed E-state index contributed by atoms with van der Waals surface area (Å²) in [7, 11) is 1.30. The van der Waals surface area contributed by atoms with E-state index in [1.165, 1.54) is 30.6 Å². The fourth-order valence-corrected chi connectivity index (χ4v) is 2.80. The van der Waals surface area contributed by atoms with Gasteiger partial charge in [-0.2, -0.15) is 0 Å².